The van der Waals surface area contributed by atoms with E-state index in [1.54, 1.807) is 0 Å². The molecule has 1 aromatic carbocycles. The quantitative estimate of drug-likeness (QED) is 0.844. The smallest absolute Gasteiger partial charge is 0.119 e. The van der Waals surface area contributed by atoms with Crippen LogP contribution < -0.4 is 10.1 Å². The molecule has 21 heavy (non-hydrogen) atoms. The maximum absolute atomic E-state index is 6.02. The van der Waals surface area contributed by atoms with Crippen molar-refractivity contribution < 1.29 is 4.74 Å². The second kappa shape index (κ2) is 7.83. The Labute approximate surface area is 132 Å². The van der Waals surface area contributed by atoms with Gasteiger partial charge in [-0.3, -0.25) is 0 Å². The van der Waals surface area contributed by atoms with Crippen LogP contribution in [0.5, 0.6) is 5.75 Å². The average molecular weight is 309 g/mol. The van der Waals surface area contributed by atoms with Crippen LogP contribution in [0.2, 0.25) is 5.02 Å². The molecule has 0 amide bonds. The maximum Gasteiger partial charge on any atom is 0.119 e. The normalized spacial score (nSPS) is 22.5. The lowest BCUT2D eigenvalue weighted by Crippen LogP contribution is -2.45. The highest BCUT2D eigenvalue weighted by Crippen LogP contribution is 2.22. The van der Waals surface area contributed by atoms with Gasteiger partial charge in [0.2, 0.25) is 0 Å². The molecule has 0 bridgehead atoms. The van der Waals surface area contributed by atoms with Crippen molar-refractivity contribution in [2.24, 2.45) is 0 Å². The Morgan fingerprint density at radius 1 is 1.38 bits per heavy atom. The number of halogens is 1. The van der Waals surface area contributed by atoms with Gasteiger partial charge in [0.15, 0.2) is 0 Å². The molecule has 1 fully saturated rings. The van der Waals surface area contributed by atoms with E-state index < -0.39 is 0 Å². The third-order valence-corrected chi connectivity index (χ3v) is 4.03. The molecule has 0 aliphatic carbocycles. The van der Waals surface area contributed by atoms with Crippen molar-refractivity contribution in [3.8, 4) is 5.75 Å². The number of hydrogen-bond acceptors (Lipinski definition) is 3. The van der Waals surface area contributed by atoms with Crippen LogP contribution in [0.3, 0.4) is 0 Å². The number of likely N-dealkylation sites (N-methyl/N-ethyl adjacent to an activating group) is 1. The minimum atomic E-state index is 0.134. The molecule has 0 saturated carbocycles. The van der Waals surface area contributed by atoms with Crippen molar-refractivity contribution in [1.29, 1.82) is 0 Å². The molecule has 2 atom stereocenters. The molecule has 0 radical (unpaired) electrons. The van der Waals surface area contributed by atoms with Gasteiger partial charge in [0.1, 0.15) is 11.9 Å². The predicted octanol–water partition coefficient (Wildman–Crippen LogP) is 3.35. The summed E-state index contributed by atoms with van der Waals surface area (Å²) in [4.78, 5) is 2.19. The summed E-state index contributed by atoms with van der Waals surface area (Å²) in [6, 6.07) is 7.93. The van der Waals surface area contributed by atoms with Crippen LogP contribution in [-0.2, 0) is 0 Å². The minimum Gasteiger partial charge on any atom is -0.489 e. The largest absolute Gasteiger partial charge is 0.489 e. The molecule has 0 spiro atoms. The van der Waals surface area contributed by atoms with E-state index in [2.05, 4.69) is 37.3 Å². The Kier molecular flexibility index (Phi) is 6.09. The second-order valence-corrected chi connectivity index (χ2v) is 6.35. The third kappa shape index (κ3) is 5.34. The Balaban J connectivity index is 1.91. The van der Waals surface area contributed by atoms with E-state index in [1.807, 2.05) is 24.3 Å². The summed E-state index contributed by atoms with van der Waals surface area (Å²) in [5.74, 6) is 0.873. The highest BCUT2D eigenvalue weighted by Gasteiger charge is 2.23. The molecule has 0 aromatic heterocycles. The number of nitrogens with one attached hydrogen (secondary N) is 1. The fourth-order valence-electron chi connectivity index (χ4n) is 2.51. The SMILES string of the molecule is CC(Oc1ccc(Cl)cc1)C1C/C(=C\CN(C)C)CCN1. The topological polar surface area (TPSA) is 24.5 Å². The molecular weight excluding hydrogens is 284 g/mol. The van der Waals surface area contributed by atoms with Gasteiger partial charge in [-0.25, -0.2) is 0 Å². The summed E-state index contributed by atoms with van der Waals surface area (Å²) in [7, 11) is 4.20. The number of benzene rings is 1. The zero-order valence-corrected chi connectivity index (χ0v) is 13.9. The second-order valence-electron chi connectivity index (χ2n) is 5.92. The molecular formula is C17H25ClN2O. The minimum absolute atomic E-state index is 0.134. The molecule has 1 aliphatic rings. The summed E-state index contributed by atoms with van der Waals surface area (Å²) in [5, 5.41) is 4.30. The van der Waals surface area contributed by atoms with Crippen molar-refractivity contribution in [2.45, 2.75) is 31.9 Å². The van der Waals surface area contributed by atoms with Gasteiger partial charge in [-0.1, -0.05) is 23.3 Å². The Morgan fingerprint density at radius 2 is 2.10 bits per heavy atom. The van der Waals surface area contributed by atoms with E-state index in [9.17, 15) is 0 Å². The highest BCUT2D eigenvalue weighted by atomic mass is 35.5. The summed E-state index contributed by atoms with van der Waals surface area (Å²) in [5.41, 5.74) is 1.53. The summed E-state index contributed by atoms with van der Waals surface area (Å²) < 4.78 is 6.02. The van der Waals surface area contributed by atoms with Crippen LogP contribution in [0.25, 0.3) is 0 Å². The number of ether oxygens (including phenoxy) is 1. The van der Waals surface area contributed by atoms with Crippen molar-refractivity contribution in [3.05, 3.63) is 40.9 Å². The van der Waals surface area contributed by atoms with E-state index in [0.29, 0.717) is 6.04 Å². The van der Waals surface area contributed by atoms with Crippen molar-refractivity contribution in [3.63, 3.8) is 0 Å². The van der Waals surface area contributed by atoms with Gasteiger partial charge in [-0.2, -0.15) is 0 Å². The van der Waals surface area contributed by atoms with Crippen LogP contribution in [-0.4, -0.2) is 44.2 Å². The standard InChI is InChI=1S/C17H25ClN2O/c1-13(21-16-6-4-15(18)5-7-16)17-12-14(8-10-19-17)9-11-20(2)3/h4-7,9,13,17,19H,8,10-12H2,1-3H3/b14-9-. The highest BCUT2D eigenvalue weighted by molar-refractivity contribution is 6.30. The molecule has 2 rings (SSSR count). The first-order chi connectivity index (χ1) is 10.0. The van der Waals surface area contributed by atoms with E-state index in [-0.39, 0.29) is 6.10 Å². The molecule has 3 nitrogen and oxygen atoms in total. The Bertz CT molecular complexity index is 470. The van der Waals surface area contributed by atoms with Crippen LogP contribution in [0.1, 0.15) is 19.8 Å². The molecule has 116 valence electrons. The van der Waals surface area contributed by atoms with Gasteiger partial charge in [-0.05, 0) is 64.7 Å². The van der Waals surface area contributed by atoms with Crippen molar-refractivity contribution in [1.82, 2.24) is 10.2 Å². The van der Waals surface area contributed by atoms with E-state index in [1.165, 1.54) is 5.57 Å². The first-order valence-electron chi connectivity index (χ1n) is 7.53. The lowest BCUT2D eigenvalue weighted by atomic mass is 9.95. The average Bonchev–Trinajstić information content (AvgIpc) is 2.48. The molecule has 2 unspecified atom stereocenters. The first kappa shape index (κ1) is 16.3. The predicted molar refractivity (Wildman–Crippen MR) is 89.2 cm³/mol. The van der Waals surface area contributed by atoms with Crippen molar-refractivity contribution in [2.75, 3.05) is 27.2 Å². The first-order valence-corrected chi connectivity index (χ1v) is 7.90. The third-order valence-electron chi connectivity index (χ3n) is 3.78. The lowest BCUT2D eigenvalue weighted by molar-refractivity contribution is 0.163. The number of nitrogens with zero attached hydrogens (tertiary/aromatic N) is 1. The molecule has 1 heterocycles. The Morgan fingerprint density at radius 3 is 2.76 bits per heavy atom. The van der Waals surface area contributed by atoms with Gasteiger partial charge in [-0.15, -0.1) is 0 Å². The Hall–Kier alpha value is -1.03. The maximum atomic E-state index is 6.02. The van der Waals surface area contributed by atoms with Gasteiger partial charge in [0.25, 0.3) is 0 Å². The van der Waals surface area contributed by atoms with Crippen molar-refractivity contribution >= 4 is 11.6 Å². The number of rotatable bonds is 5. The van der Waals surface area contributed by atoms with Crippen LogP contribution >= 0.6 is 11.6 Å². The lowest BCUT2D eigenvalue weighted by Gasteiger charge is -2.31. The molecule has 4 heteroatoms. The summed E-state index contributed by atoms with van der Waals surface area (Å²) in [6.07, 6.45) is 4.68. The van der Waals surface area contributed by atoms with Gasteiger partial charge in [0, 0.05) is 17.6 Å². The molecule has 1 aromatic rings. The van der Waals surface area contributed by atoms with Crippen LogP contribution in [0.4, 0.5) is 0 Å². The summed E-state index contributed by atoms with van der Waals surface area (Å²) >= 11 is 5.90. The fourth-order valence-corrected chi connectivity index (χ4v) is 2.64. The van der Waals surface area contributed by atoms with Crippen LogP contribution in [0, 0.1) is 0 Å². The number of piperidine rings is 1. The van der Waals surface area contributed by atoms with Crippen LogP contribution in [0.15, 0.2) is 35.9 Å². The monoisotopic (exact) mass is 308 g/mol. The number of hydrogen-bond donors (Lipinski definition) is 1. The van der Waals surface area contributed by atoms with Gasteiger partial charge >= 0.3 is 0 Å². The van der Waals surface area contributed by atoms with E-state index in [0.717, 1.165) is 36.7 Å². The molecule has 1 aliphatic heterocycles. The fraction of sp³-hybridized carbons (Fsp3) is 0.529. The van der Waals surface area contributed by atoms with E-state index in [4.69, 9.17) is 16.3 Å². The zero-order chi connectivity index (χ0) is 15.2. The summed E-state index contributed by atoms with van der Waals surface area (Å²) in [6.45, 7) is 4.16. The van der Waals surface area contributed by atoms with Gasteiger partial charge in [0.05, 0.1) is 0 Å². The van der Waals surface area contributed by atoms with Gasteiger partial charge < -0.3 is 15.0 Å². The molecule has 1 N–H and O–H groups in total. The van der Waals surface area contributed by atoms with E-state index >= 15 is 0 Å². The zero-order valence-electron chi connectivity index (χ0n) is 13.1. The molecule has 1 saturated heterocycles.